The molecule has 0 unspecified atom stereocenters. The molecule has 7 heteroatoms. The molecule has 2 aromatic carbocycles. The number of nitrogens with zero attached hydrogens (tertiary/aromatic N) is 3. The van der Waals surface area contributed by atoms with Crippen LogP contribution in [0.2, 0.25) is 5.02 Å². The standard InChI is InChI=1S/C28H29ClN4O2/c1-28(2,35)23-9-8-18(21(13-31-3)26(23)30)17-11-20(16-6-7-16)22(24(29)12-17)14-33-15-25-19(27(33)34)5-4-10-32-25/h4-5,8-13,16,35H,6-7,14-15,30H2,1-3H3. The van der Waals surface area contributed by atoms with Crippen LogP contribution in [-0.4, -0.2) is 34.2 Å². The van der Waals surface area contributed by atoms with E-state index in [-0.39, 0.29) is 5.91 Å². The van der Waals surface area contributed by atoms with Crippen molar-refractivity contribution in [2.75, 3.05) is 12.8 Å². The number of nitrogen functional groups attached to an aromatic ring is 1. The number of anilines is 1. The van der Waals surface area contributed by atoms with Crippen LogP contribution in [0.3, 0.4) is 0 Å². The van der Waals surface area contributed by atoms with Crippen LogP contribution in [0.4, 0.5) is 5.69 Å². The number of carbonyl (C=O) groups is 1. The maximum Gasteiger partial charge on any atom is 0.256 e. The minimum Gasteiger partial charge on any atom is -0.398 e. The molecular weight excluding hydrogens is 460 g/mol. The van der Waals surface area contributed by atoms with Crippen molar-refractivity contribution in [3.05, 3.63) is 81.1 Å². The summed E-state index contributed by atoms with van der Waals surface area (Å²) in [6, 6.07) is 11.6. The van der Waals surface area contributed by atoms with Gasteiger partial charge in [-0.2, -0.15) is 0 Å². The third-order valence-electron chi connectivity index (χ3n) is 6.86. The van der Waals surface area contributed by atoms with Crippen molar-refractivity contribution < 1.29 is 9.90 Å². The Morgan fingerprint density at radius 2 is 2.03 bits per heavy atom. The van der Waals surface area contributed by atoms with E-state index in [1.807, 2.05) is 29.2 Å². The number of aliphatic hydroxyl groups is 1. The molecule has 0 spiro atoms. The number of carbonyl (C=O) groups excluding carboxylic acids is 1. The van der Waals surface area contributed by atoms with Crippen LogP contribution in [-0.2, 0) is 18.7 Å². The third kappa shape index (κ3) is 4.32. The van der Waals surface area contributed by atoms with Crippen LogP contribution in [0, 0.1) is 0 Å². The zero-order valence-corrected chi connectivity index (χ0v) is 20.9. The van der Waals surface area contributed by atoms with E-state index >= 15 is 0 Å². The van der Waals surface area contributed by atoms with Crippen molar-refractivity contribution >= 4 is 29.4 Å². The molecule has 1 amide bonds. The van der Waals surface area contributed by atoms with Crippen molar-refractivity contribution in [2.24, 2.45) is 4.99 Å². The SMILES string of the molecule is CN=Cc1c(-c2cc(Cl)c(CN3Cc4ncccc4C3=O)c(C3CC3)c2)ccc(C(C)(C)O)c1N. The van der Waals surface area contributed by atoms with Gasteiger partial charge in [-0.05, 0) is 73.1 Å². The molecule has 1 fully saturated rings. The van der Waals surface area contributed by atoms with Gasteiger partial charge in [0.2, 0.25) is 0 Å². The lowest BCUT2D eigenvalue weighted by Crippen LogP contribution is -2.24. The molecule has 0 radical (unpaired) electrons. The average Bonchev–Trinajstić information content (AvgIpc) is 3.60. The van der Waals surface area contributed by atoms with Crippen LogP contribution in [0.5, 0.6) is 0 Å². The first kappa shape index (κ1) is 23.5. The van der Waals surface area contributed by atoms with Crippen molar-refractivity contribution in [3.63, 3.8) is 0 Å². The Hall–Kier alpha value is -3.22. The van der Waals surface area contributed by atoms with Gasteiger partial charge in [-0.3, -0.25) is 14.8 Å². The summed E-state index contributed by atoms with van der Waals surface area (Å²) >= 11 is 6.91. The molecule has 1 aromatic heterocycles. The van der Waals surface area contributed by atoms with E-state index in [4.69, 9.17) is 17.3 Å². The summed E-state index contributed by atoms with van der Waals surface area (Å²) in [4.78, 5) is 23.4. The van der Waals surface area contributed by atoms with Gasteiger partial charge < -0.3 is 15.7 Å². The van der Waals surface area contributed by atoms with E-state index in [1.54, 1.807) is 39.4 Å². The van der Waals surface area contributed by atoms with E-state index in [1.165, 1.54) is 5.56 Å². The molecule has 1 saturated carbocycles. The zero-order valence-electron chi connectivity index (χ0n) is 20.2. The first-order valence-electron chi connectivity index (χ1n) is 11.8. The summed E-state index contributed by atoms with van der Waals surface area (Å²) in [7, 11) is 1.70. The van der Waals surface area contributed by atoms with Gasteiger partial charge in [-0.1, -0.05) is 29.8 Å². The molecule has 0 saturated heterocycles. The summed E-state index contributed by atoms with van der Waals surface area (Å²) in [5.41, 5.74) is 12.8. The predicted molar refractivity (Wildman–Crippen MR) is 140 cm³/mol. The van der Waals surface area contributed by atoms with Crippen LogP contribution in [0.25, 0.3) is 11.1 Å². The molecule has 1 aliphatic carbocycles. The van der Waals surface area contributed by atoms with Crippen LogP contribution in [0.1, 0.15) is 70.9 Å². The molecular formula is C28H29ClN4O2. The van der Waals surface area contributed by atoms with Crippen molar-refractivity contribution in [1.29, 1.82) is 0 Å². The molecule has 5 rings (SSSR count). The van der Waals surface area contributed by atoms with Crippen molar-refractivity contribution in [3.8, 4) is 11.1 Å². The highest BCUT2D eigenvalue weighted by atomic mass is 35.5. The quantitative estimate of drug-likeness (QED) is 0.364. The fraction of sp³-hybridized carbons (Fsp3) is 0.321. The second-order valence-corrected chi connectivity index (χ2v) is 10.3. The molecule has 6 nitrogen and oxygen atoms in total. The lowest BCUT2D eigenvalue weighted by molar-refractivity contribution is 0.0764. The number of halogens is 1. The Morgan fingerprint density at radius 3 is 2.69 bits per heavy atom. The van der Waals surface area contributed by atoms with Gasteiger partial charge in [0.25, 0.3) is 5.91 Å². The highest BCUT2D eigenvalue weighted by molar-refractivity contribution is 6.32. The van der Waals surface area contributed by atoms with Gasteiger partial charge in [0.15, 0.2) is 0 Å². The second-order valence-electron chi connectivity index (χ2n) is 9.89. The Labute approximate surface area is 210 Å². The first-order chi connectivity index (χ1) is 16.7. The van der Waals surface area contributed by atoms with Crippen molar-refractivity contribution in [2.45, 2.75) is 51.3 Å². The van der Waals surface area contributed by atoms with Crippen LogP contribution >= 0.6 is 11.6 Å². The van der Waals surface area contributed by atoms with E-state index in [0.29, 0.717) is 40.8 Å². The lowest BCUT2D eigenvalue weighted by Gasteiger charge is -2.24. The Kier molecular flexibility index (Phi) is 5.90. The molecule has 2 heterocycles. The molecule has 3 aromatic rings. The first-order valence-corrected chi connectivity index (χ1v) is 12.2. The van der Waals surface area contributed by atoms with Crippen LogP contribution < -0.4 is 5.73 Å². The largest absolute Gasteiger partial charge is 0.398 e. The van der Waals surface area contributed by atoms with Gasteiger partial charge >= 0.3 is 0 Å². The Morgan fingerprint density at radius 1 is 1.26 bits per heavy atom. The fourth-order valence-corrected chi connectivity index (χ4v) is 5.22. The van der Waals surface area contributed by atoms with Crippen molar-refractivity contribution in [1.82, 2.24) is 9.88 Å². The normalized spacial score (nSPS) is 15.8. The van der Waals surface area contributed by atoms with Gasteiger partial charge in [0.1, 0.15) is 0 Å². The molecule has 35 heavy (non-hydrogen) atoms. The topological polar surface area (TPSA) is 91.8 Å². The van der Waals surface area contributed by atoms with E-state index < -0.39 is 5.60 Å². The number of hydrogen-bond acceptors (Lipinski definition) is 5. The summed E-state index contributed by atoms with van der Waals surface area (Å²) in [5, 5.41) is 11.2. The minimum atomic E-state index is -1.08. The van der Waals surface area contributed by atoms with E-state index in [0.717, 1.165) is 40.8 Å². The smallest absolute Gasteiger partial charge is 0.256 e. The summed E-state index contributed by atoms with van der Waals surface area (Å²) in [6.07, 6.45) is 5.65. The van der Waals surface area contributed by atoms with Crippen LogP contribution in [0.15, 0.2) is 47.6 Å². The molecule has 180 valence electrons. The fourth-order valence-electron chi connectivity index (χ4n) is 4.93. The maximum atomic E-state index is 13.0. The molecule has 0 bridgehead atoms. The zero-order chi connectivity index (χ0) is 24.9. The molecule has 1 aliphatic heterocycles. The number of benzene rings is 2. The van der Waals surface area contributed by atoms with E-state index in [2.05, 4.69) is 16.0 Å². The highest BCUT2D eigenvalue weighted by Crippen LogP contribution is 2.46. The molecule has 2 aliphatic rings. The van der Waals surface area contributed by atoms with Gasteiger partial charge in [-0.15, -0.1) is 0 Å². The summed E-state index contributed by atoms with van der Waals surface area (Å²) in [6.45, 7) is 4.37. The number of amides is 1. The molecule has 0 atom stereocenters. The number of fused-ring (bicyclic) bond motifs is 1. The van der Waals surface area contributed by atoms with Gasteiger partial charge in [0.05, 0.1) is 23.4 Å². The number of aliphatic imine (C=N–C) groups is 1. The number of aromatic nitrogens is 1. The number of hydrogen-bond donors (Lipinski definition) is 2. The predicted octanol–water partition coefficient (Wildman–Crippen LogP) is 5.29. The second kappa shape index (κ2) is 8.77. The molecule has 3 N–H and O–H groups in total. The van der Waals surface area contributed by atoms with E-state index in [9.17, 15) is 9.90 Å². The summed E-state index contributed by atoms with van der Waals surface area (Å²) < 4.78 is 0. The average molecular weight is 489 g/mol. The number of rotatable bonds is 6. The Balaban J connectivity index is 1.56. The van der Waals surface area contributed by atoms with Gasteiger partial charge in [-0.25, -0.2) is 0 Å². The summed E-state index contributed by atoms with van der Waals surface area (Å²) in [5.74, 6) is 0.420. The lowest BCUT2D eigenvalue weighted by atomic mass is 9.88. The number of nitrogens with two attached hydrogens (primary N) is 1. The Bertz CT molecular complexity index is 1360. The number of pyridine rings is 1. The monoisotopic (exact) mass is 488 g/mol. The highest BCUT2D eigenvalue weighted by Gasteiger charge is 2.33. The third-order valence-corrected chi connectivity index (χ3v) is 7.20. The maximum absolute atomic E-state index is 13.0. The van der Waals surface area contributed by atoms with Gasteiger partial charge in [0, 0.05) is 47.8 Å². The minimum absolute atomic E-state index is 0.00795.